The van der Waals surface area contributed by atoms with Crippen molar-refractivity contribution in [3.05, 3.63) is 33.9 Å². The summed E-state index contributed by atoms with van der Waals surface area (Å²) in [6.07, 6.45) is 8.45. The van der Waals surface area contributed by atoms with E-state index in [1.54, 1.807) is 6.07 Å². The molecule has 2 rings (SSSR count). The molecule has 1 aliphatic rings. The van der Waals surface area contributed by atoms with Crippen LogP contribution in [0.2, 0.25) is 0 Å². The van der Waals surface area contributed by atoms with Crippen LogP contribution in [0.15, 0.2) is 18.2 Å². The Morgan fingerprint density at radius 3 is 2.45 bits per heavy atom. The van der Waals surface area contributed by atoms with E-state index in [4.69, 9.17) is 5.26 Å². The van der Waals surface area contributed by atoms with Gasteiger partial charge < -0.3 is 5.32 Å². The van der Waals surface area contributed by atoms with Gasteiger partial charge in [0, 0.05) is 18.2 Å². The third kappa shape index (κ3) is 3.70. The second kappa shape index (κ2) is 6.90. The van der Waals surface area contributed by atoms with Gasteiger partial charge in [-0.2, -0.15) is 5.26 Å². The standard InChI is InChI=1S/C15H19N3O2/c16-11-12-10-14(18(19)20)8-9-15(12)17-13-6-4-2-1-3-5-7-13/h8-10,13,17H,1-7H2. The first kappa shape index (κ1) is 14.3. The van der Waals surface area contributed by atoms with E-state index in [9.17, 15) is 10.1 Å². The van der Waals surface area contributed by atoms with Crippen molar-refractivity contribution in [2.75, 3.05) is 5.32 Å². The lowest BCUT2D eigenvalue weighted by molar-refractivity contribution is -0.384. The molecule has 0 saturated heterocycles. The molecule has 0 aromatic heterocycles. The predicted molar refractivity (Wildman–Crippen MR) is 77.5 cm³/mol. The molecule has 0 heterocycles. The Hall–Kier alpha value is -2.09. The third-order valence-electron chi connectivity index (χ3n) is 3.80. The van der Waals surface area contributed by atoms with Crippen LogP contribution in [0.3, 0.4) is 0 Å². The van der Waals surface area contributed by atoms with Crippen molar-refractivity contribution in [3.8, 4) is 6.07 Å². The average Bonchev–Trinajstić information content (AvgIpc) is 2.41. The van der Waals surface area contributed by atoms with Gasteiger partial charge in [0.2, 0.25) is 0 Å². The minimum absolute atomic E-state index is 0.0373. The Morgan fingerprint density at radius 2 is 1.85 bits per heavy atom. The normalized spacial score (nSPS) is 16.8. The molecule has 20 heavy (non-hydrogen) atoms. The molecule has 1 aromatic rings. The van der Waals surface area contributed by atoms with Crippen molar-refractivity contribution in [2.45, 2.75) is 51.0 Å². The molecule has 1 fully saturated rings. The maximum Gasteiger partial charge on any atom is 0.270 e. The molecule has 1 aliphatic carbocycles. The number of hydrogen-bond acceptors (Lipinski definition) is 4. The highest BCUT2D eigenvalue weighted by molar-refractivity contribution is 5.61. The van der Waals surface area contributed by atoms with Crippen LogP contribution in [-0.2, 0) is 0 Å². The van der Waals surface area contributed by atoms with Gasteiger partial charge in [0.05, 0.1) is 16.2 Å². The Labute approximate surface area is 118 Å². The summed E-state index contributed by atoms with van der Waals surface area (Å²) in [6, 6.07) is 6.84. The highest BCUT2D eigenvalue weighted by Crippen LogP contribution is 2.25. The molecule has 5 heteroatoms. The van der Waals surface area contributed by atoms with Crippen LogP contribution in [0.25, 0.3) is 0 Å². The molecule has 5 nitrogen and oxygen atoms in total. The molecule has 0 radical (unpaired) electrons. The van der Waals surface area contributed by atoms with Crippen LogP contribution >= 0.6 is 0 Å². The van der Waals surface area contributed by atoms with E-state index in [1.165, 1.54) is 44.2 Å². The summed E-state index contributed by atoms with van der Waals surface area (Å²) in [5.74, 6) is 0. The van der Waals surface area contributed by atoms with E-state index >= 15 is 0 Å². The summed E-state index contributed by atoms with van der Waals surface area (Å²) in [5, 5.41) is 23.3. The fraction of sp³-hybridized carbons (Fsp3) is 0.533. The molecule has 1 aromatic carbocycles. The quantitative estimate of drug-likeness (QED) is 0.667. The fourth-order valence-corrected chi connectivity index (χ4v) is 2.68. The largest absolute Gasteiger partial charge is 0.381 e. The number of benzene rings is 1. The lowest BCUT2D eigenvalue weighted by Gasteiger charge is -2.22. The van der Waals surface area contributed by atoms with Gasteiger partial charge in [-0.15, -0.1) is 0 Å². The molecular weight excluding hydrogens is 254 g/mol. The molecule has 0 spiro atoms. The lowest BCUT2D eigenvalue weighted by atomic mass is 9.96. The Kier molecular flexibility index (Phi) is 4.94. The molecule has 0 amide bonds. The molecule has 0 atom stereocenters. The highest BCUT2D eigenvalue weighted by atomic mass is 16.6. The summed E-state index contributed by atoms with van der Waals surface area (Å²) in [7, 11) is 0. The zero-order valence-corrected chi connectivity index (χ0v) is 11.5. The molecule has 106 valence electrons. The fourth-order valence-electron chi connectivity index (χ4n) is 2.68. The molecule has 0 bridgehead atoms. The number of anilines is 1. The number of hydrogen-bond donors (Lipinski definition) is 1. The van der Waals surface area contributed by atoms with Crippen LogP contribution in [-0.4, -0.2) is 11.0 Å². The van der Waals surface area contributed by atoms with Gasteiger partial charge in [-0.05, 0) is 18.9 Å². The van der Waals surface area contributed by atoms with Gasteiger partial charge in [0.1, 0.15) is 6.07 Å². The van der Waals surface area contributed by atoms with Crippen molar-refractivity contribution in [1.82, 2.24) is 0 Å². The number of nitro groups is 1. The van der Waals surface area contributed by atoms with Crippen LogP contribution in [0.4, 0.5) is 11.4 Å². The summed E-state index contributed by atoms with van der Waals surface area (Å²) >= 11 is 0. The Morgan fingerprint density at radius 1 is 1.20 bits per heavy atom. The maximum absolute atomic E-state index is 10.7. The Bertz CT molecular complexity index is 514. The molecule has 0 unspecified atom stereocenters. The Balaban J connectivity index is 2.11. The highest BCUT2D eigenvalue weighted by Gasteiger charge is 2.15. The SMILES string of the molecule is N#Cc1cc([N+](=O)[O-])ccc1NC1CCCCCCC1. The van der Waals surface area contributed by atoms with E-state index in [0.717, 1.165) is 12.8 Å². The smallest absolute Gasteiger partial charge is 0.270 e. The molecular formula is C15H19N3O2. The van der Waals surface area contributed by atoms with Crippen molar-refractivity contribution in [1.29, 1.82) is 5.26 Å². The van der Waals surface area contributed by atoms with E-state index in [-0.39, 0.29) is 5.69 Å². The molecule has 1 saturated carbocycles. The van der Waals surface area contributed by atoms with E-state index in [0.29, 0.717) is 17.3 Å². The first-order valence-corrected chi connectivity index (χ1v) is 7.16. The van der Waals surface area contributed by atoms with Gasteiger partial charge in [0.25, 0.3) is 5.69 Å². The van der Waals surface area contributed by atoms with Gasteiger partial charge >= 0.3 is 0 Å². The zero-order chi connectivity index (χ0) is 14.4. The van der Waals surface area contributed by atoms with Crippen molar-refractivity contribution < 1.29 is 4.92 Å². The number of nitriles is 1. The van der Waals surface area contributed by atoms with Gasteiger partial charge in [0.15, 0.2) is 0 Å². The average molecular weight is 273 g/mol. The van der Waals surface area contributed by atoms with Crippen molar-refractivity contribution in [3.63, 3.8) is 0 Å². The summed E-state index contributed by atoms with van der Waals surface area (Å²) in [4.78, 5) is 10.3. The number of non-ortho nitro benzene ring substituents is 1. The second-order valence-electron chi connectivity index (χ2n) is 5.29. The summed E-state index contributed by atoms with van der Waals surface area (Å²) < 4.78 is 0. The van der Waals surface area contributed by atoms with Gasteiger partial charge in [-0.1, -0.05) is 32.1 Å². The van der Waals surface area contributed by atoms with Crippen LogP contribution in [0.5, 0.6) is 0 Å². The summed E-state index contributed by atoms with van der Waals surface area (Å²) in [6.45, 7) is 0. The first-order chi connectivity index (χ1) is 9.70. The predicted octanol–water partition coefficient (Wildman–Crippen LogP) is 3.99. The van der Waals surface area contributed by atoms with Crippen LogP contribution in [0.1, 0.15) is 50.5 Å². The first-order valence-electron chi connectivity index (χ1n) is 7.16. The maximum atomic E-state index is 10.7. The van der Waals surface area contributed by atoms with Crippen LogP contribution in [0, 0.1) is 21.4 Å². The van der Waals surface area contributed by atoms with Gasteiger partial charge in [-0.3, -0.25) is 10.1 Å². The number of rotatable bonds is 3. The minimum Gasteiger partial charge on any atom is -0.381 e. The monoisotopic (exact) mass is 273 g/mol. The zero-order valence-electron chi connectivity index (χ0n) is 11.5. The number of nitrogens with one attached hydrogen (secondary N) is 1. The number of nitrogens with zero attached hydrogens (tertiary/aromatic N) is 2. The lowest BCUT2D eigenvalue weighted by Crippen LogP contribution is -2.21. The van der Waals surface area contributed by atoms with Crippen LogP contribution < -0.4 is 5.32 Å². The third-order valence-corrected chi connectivity index (χ3v) is 3.80. The van der Waals surface area contributed by atoms with E-state index in [2.05, 4.69) is 5.32 Å². The van der Waals surface area contributed by atoms with Crippen molar-refractivity contribution in [2.24, 2.45) is 0 Å². The van der Waals surface area contributed by atoms with Gasteiger partial charge in [-0.25, -0.2) is 0 Å². The summed E-state index contributed by atoms with van der Waals surface area (Å²) in [5.41, 5.74) is 1.02. The van der Waals surface area contributed by atoms with E-state index < -0.39 is 4.92 Å². The van der Waals surface area contributed by atoms with Crippen molar-refractivity contribution >= 4 is 11.4 Å². The molecule has 0 aliphatic heterocycles. The second-order valence-corrected chi connectivity index (χ2v) is 5.29. The topological polar surface area (TPSA) is 79.0 Å². The van der Waals surface area contributed by atoms with E-state index in [1.807, 2.05) is 6.07 Å². The number of nitro benzene ring substituents is 1. The minimum atomic E-state index is -0.472. The molecule has 1 N–H and O–H groups in total.